The van der Waals surface area contributed by atoms with Crippen LogP contribution in [0.25, 0.3) is 0 Å². The third kappa shape index (κ3) is 3.55. The van der Waals surface area contributed by atoms with Crippen LogP contribution in [-0.2, 0) is 4.79 Å². The van der Waals surface area contributed by atoms with Crippen molar-refractivity contribution in [3.05, 3.63) is 0 Å². The summed E-state index contributed by atoms with van der Waals surface area (Å²) in [7, 11) is 0. The van der Waals surface area contributed by atoms with E-state index >= 15 is 0 Å². The highest BCUT2D eigenvalue weighted by atomic mass is 16.2. The Hall–Kier alpha value is -1.14. The van der Waals surface area contributed by atoms with Crippen molar-refractivity contribution in [3.63, 3.8) is 0 Å². The summed E-state index contributed by atoms with van der Waals surface area (Å²) in [6.45, 7) is 7.76. The third-order valence-corrected chi connectivity index (χ3v) is 4.72. The summed E-state index contributed by atoms with van der Waals surface area (Å²) in [5.41, 5.74) is 5.18. The Morgan fingerprint density at radius 2 is 1.90 bits per heavy atom. The third-order valence-electron chi connectivity index (χ3n) is 4.72. The minimum Gasteiger partial charge on any atom is -0.328 e. The lowest BCUT2D eigenvalue weighted by molar-refractivity contribution is -0.130. The van der Waals surface area contributed by atoms with Gasteiger partial charge in [0.2, 0.25) is 0 Å². The van der Waals surface area contributed by atoms with E-state index in [9.17, 15) is 9.59 Å². The average Bonchev–Trinajstić information content (AvgIpc) is 2.62. The molecule has 1 heterocycles. The number of carbonyl (C=O) groups excluding carboxylic acids is 2. The quantitative estimate of drug-likeness (QED) is 0.739. The summed E-state index contributed by atoms with van der Waals surface area (Å²) in [6, 6.07) is 0.599. The van der Waals surface area contributed by atoms with Gasteiger partial charge in [0, 0.05) is 25.2 Å². The van der Waals surface area contributed by atoms with Gasteiger partial charge < -0.3 is 11.1 Å². The molecular formula is C15H28N4O2. The van der Waals surface area contributed by atoms with Crippen LogP contribution in [0.15, 0.2) is 0 Å². The molecule has 0 aromatic rings. The van der Waals surface area contributed by atoms with Crippen molar-refractivity contribution in [2.75, 3.05) is 19.6 Å². The average molecular weight is 296 g/mol. The second-order valence-electron chi connectivity index (χ2n) is 6.71. The Bertz CT molecular complexity index is 402. The molecule has 0 aromatic heterocycles. The van der Waals surface area contributed by atoms with E-state index in [1.165, 1.54) is 4.90 Å². The zero-order valence-corrected chi connectivity index (χ0v) is 13.4. The molecule has 3 amide bonds. The Kier molecular flexibility index (Phi) is 4.88. The molecule has 2 rings (SSSR count). The summed E-state index contributed by atoms with van der Waals surface area (Å²) in [4.78, 5) is 27.8. The molecule has 120 valence electrons. The first kappa shape index (κ1) is 16.2. The van der Waals surface area contributed by atoms with Crippen molar-refractivity contribution in [3.8, 4) is 0 Å². The molecule has 0 aromatic carbocycles. The predicted molar refractivity (Wildman–Crippen MR) is 81.8 cm³/mol. The van der Waals surface area contributed by atoms with Crippen LogP contribution < -0.4 is 11.1 Å². The Morgan fingerprint density at radius 3 is 2.38 bits per heavy atom. The number of imide groups is 1. The van der Waals surface area contributed by atoms with Crippen LogP contribution in [-0.4, -0.2) is 59.0 Å². The highest BCUT2D eigenvalue weighted by molar-refractivity contribution is 6.06. The molecule has 0 unspecified atom stereocenters. The Labute approximate surface area is 127 Å². The lowest BCUT2D eigenvalue weighted by atomic mass is 9.91. The van der Waals surface area contributed by atoms with Crippen molar-refractivity contribution in [1.82, 2.24) is 15.1 Å². The summed E-state index contributed by atoms with van der Waals surface area (Å²) < 4.78 is 0. The van der Waals surface area contributed by atoms with Crippen LogP contribution in [0.4, 0.5) is 4.79 Å². The molecule has 0 bridgehead atoms. The van der Waals surface area contributed by atoms with E-state index < -0.39 is 5.54 Å². The largest absolute Gasteiger partial charge is 0.328 e. The first-order valence-corrected chi connectivity index (χ1v) is 7.99. The van der Waals surface area contributed by atoms with Gasteiger partial charge in [0.15, 0.2) is 0 Å². The molecule has 0 atom stereocenters. The van der Waals surface area contributed by atoms with Crippen LogP contribution in [0, 0.1) is 0 Å². The fourth-order valence-corrected chi connectivity index (χ4v) is 3.32. The van der Waals surface area contributed by atoms with Crippen molar-refractivity contribution in [2.24, 2.45) is 5.73 Å². The monoisotopic (exact) mass is 296 g/mol. The molecule has 1 saturated heterocycles. The number of nitrogens with two attached hydrogens (primary N) is 1. The molecular weight excluding hydrogens is 268 g/mol. The van der Waals surface area contributed by atoms with E-state index in [1.807, 2.05) is 0 Å². The fraction of sp³-hybridized carbons (Fsp3) is 0.867. The minimum atomic E-state index is -0.772. The van der Waals surface area contributed by atoms with E-state index in [0.717, 1.165) is 38.8 Å². The number of carbonyl (C=O) groups is 2. The zero-order valence-electron chi connectivity index (χ0n) is 13.4. The van der Waals surface area contributed by atoms with Crippen molar-refractivity contribution < 1.29 is 9.59 Å². The van der Waals surface area contributed by atoms with Gasteiger partial charge in [0.1, 0.15) is 5.54 Å². The van der Waals surface area contributed by atoms with Gasteiger partial charge in [0.05, 0.1) is 0 Å². The highest BCUT2D eigenvalue weighted by Crippen LogP contribution is 2.22. The SMILES string of the molecule is CCN(CCN1C(=O)NC(C)(C)C1=O)C1CCC(N)CC1. The second-order valence-corrected chi connectivity index (χ2v) is 6.71. The summed E-state index contributed by atoms with van der Waals surface area (Å²) in [6.07, 6.45) is 4.36. The van der Waals surface area contributed by atoms with Gasteiger partial charge in [-0.2, -0.15) is 0 Å². The van der Waals surface area contributed by atoms with Gasteiger partial charge in [-0.25, -0.2) is 4.79 Å². The van der Waals surface area contributed by atoms with E-state index in [1.54, 1.807) is 13.8 Å². The lowest BCUT2D eigenvalue weighted by Gasteiger charge is -2.36. The molecule has 1 aliphatic carbocycles. The Balaban J connectivity index is 1.89. The molecule has 21 heavy (non-hydrogen) atoms. The number of nitrogens with zero attached hydrogens (tertiary/aromatic N) is 2. The molecule has 1 saturated carbocycles. The van der Waals surface area contributed by atoms with Gasteiger partial charge >= 0.3 is 6.03 Å². The summed E-state index contributed by atoms with van der Waals surface area (Å²) in [5, 5.41) is 2.72. The molecule has 6 heteroatoms. The van der Waals surface area contributed by atoms with E-state index in [0.29, 0.717) is 18.6 Å². The lowest BCUT2D eigenvalue weighted by Crippen LogP contribution is -2.46. The number of hydrogen-bond acceptors (Lipinski definition) is 4. The van der Waals surface area contributed by atoms with Crippen LogP contribution in [0.5, 0.6) is 0 Å². The molecule has 1 aliphatic heterocycles. The molecule has 3 N–H and O–H groups in total. The van der Waals surface area contributed by atoms with Crippen molar-refractivity contribution in [1.29, 1.82) is 0 Å². The number of nitrogens with one attached hydrogen (secondary N) is 1. The van der Waals surface area contributed by atoms with E-state index in [-0.39, 0.29) is 11.9 Å². The van der Waals surface area contributed by atoms with Crippen molar-refractivity contribution >= 4 is 11.9 Å². The fourth-order valence-electron chi connectivity index (χ4n) is 3.32. The highest BCUT2D eigenvalue weighted by Gasteiger charge is 2.44. The topological polar surface area (TPSA) is 78.7 Å². The molecule has 2 fully saturated rings. The number of amides is 3. The summed E-state index contributed by atoms with van der Waals surface area (Å²) >= 11 is 0. The van der Waals surface area contributed by atoms with Gasteiger partial charge in [-0.05, 0) is 46.1 Å². The first-order valence-electron chi connectivity index (χ1n) is 7.99. The standard InChI is InChI=1S/C15H28N4O2/c1-4-18(12-7-5-11(16)6-8-12)9-10-19-13(20)15(2,3)17-14(19)21/h11-12H,4-10,16H2,1-3H3,(H,17,21). The van der Waals surface area contributed by atoms with E-state index in [4.69, 9.17) is 5.73 Å². The zero-order chi connectivity index (χ0) is 15.6. The predicted octanol–water partition coefficient (Wildman–Crippen LogP) is 0.909. The minimum absolute atomic E-state index is 0.130. The van der Waals surface area contributed by atoms with Gasteiger partial charge in [-0.3, -0.25) is 14.6 Å². The molecule has 6 nitrogen and oxygen atoms in total. The Morgan fingerprint density at radius 1 is 1.29 bits per heavy atom. The van der Waals surface area contributed by atoms with Crippen LogP contribution in [0.1, 0.15) is 46.5 Å². The maximum Gasteiger partial charge on any atom is 0.325 e. The van der Waals surface area contributed by atoms with Gasteiger partial charge in [0.25, 0.3) is 5.91 Å². The number of urea groups is 1. The number of likely N-dealkylation sites (N-methyl/N-ethyl adjacent to an activating group) is 1. The number of rotatable bonds is 5. The van der Waals surface area contributed by atoms with Gasteiger partial charge in [-0.1, -0.05) is 6.92 Å². The smallest absolute Gasteiger partial charge is 0.325 e. The van der Waals surface area contributed by atoms with Crippen LogP contribution in [0.3, 0.4) is 0 Å². The molecule has 2 aliphatic rings. The maximum absolute atomic E-state index is 12.2. The second kappa shape index (κ2) is 6.32. The summed E-state index contributed by atoms with van der Waals surface area (Å²) in [5.74, 6) is -0.130. The maximum atomic E-state index is 12.2. The molecule has 0 spiro atoms. The van der Waals surface area contributed by atoms with Gasteiger partial charge in [-0.15, -0.1) is 0 Å². The van der Waals surface area contributed by atoms with Crippen molar-refractivity contribution in [2.45, 2.75) is 64.1 Å². The van der Waals surface area contributed by atoms with Crippen LogP contribution >= 0.6 is 0 Å². The van der Waals surface area contributed by atoms with E-state index in [2.05, 4.69) is 17.1 Å². The first-order chi connectivity index (χ1) is 9.85. The van der Waals surface area contributed by atoms with Crippen LogP contribution in [0.2, 0.25) is 0 Å². The number of hydrogen-bond donors (Lipinski definition) is 2. The molecule has 0 radical (unpaired) electrons. The normalized spacial score (nSPS) is 29.1.